The lowest BCUT2D eigenvalue weighted by atomic mass is 9.74. The van der Waals surface area contributed by atoms with E-state index in [1.165, 1.54) is 0 Å². The Kier molecular flexibility index (Phi) is 4.66. The minimum Gasteiger partial charge on any atom is -0.450 e. The number of carbonyl (C=O) groups excluding carboxylic acids is 2. The lowest BCUT2D eigenvalue weighted by Crippen LogP contribution is -2.52. The molecule has 3 N–H and O–H groups in total. The van der Waals surface area contributed by atoms with Gasteiger partial charge in [-0.05, 0) is 25.0 Å². The molecule has 2 aliphatic rings. The summed E-state index contributed by atoms with van der Waals surface area (Å²) in [4.78, 5) is 29.0. The van der Waals surface area contributed by atoms with Crippen molar-refractivity contribution >= 4 is 40.2 Å². The zero-order chi connectivity index (χ0) is 20.7. The normalized spacial score (nSPS) is 17.4. The van der Waals surface area contributed by atoms with E-state index in [1.54, 1.807) is 24.7 Å². The Morgan fingerprint density at radius 1 is 1.30 bits per heavy atom. The molecule has 1 fully saturated rings. The van der Waals surface area contributed by atoms with Gasteiger partial charge in [-0.15, -0.1) is 0 Å². The van der Waals surface area contributed by atoms with Gasteiger partial charge in [-0.3, -0.25) is 4.79 Å². The average molecular weight is 428 g/mol. The fraction of sp³-hybridized carbons (Fsp3) is 0.381. The number of imidazole rings is 1. The minimum atomic E-state index is -0.522. The van der Waals surface area contributed by atoms with Crippen LogP contribution in [0.2, 0.25) is 5.02 Å². The van der Waals surface area contributed by atoms with Crippen molar-refractivity contribution in [1.82, 2.24) is 20.2 Å². The Morgan fingerprint density at radius 3 is 2.90 bits per heavy atom. The molecule has 3 heterocycles. The number of furan rings is 1. The van der Waals surface area contributed by atoms with Crippen molar-refractivity contribution in [2.24, 2.45) is 0 Å². The number of halogens is 1. The first-order chi connectivity index (χ1) is 14.6. The van der Waals surface area contributed by atoms with Gasteiger partial charge >= 0.3 is 6.03 Å². The van der Waals surface area contributed by atoms with Crippen molar-refractivity contribution in [2.75, 3.05) is 11.9 Å². The van der Waals surface area contributed by atoms with E-state index in [9.17, 15) is 9.59 Å². The molecule has 2 aromatic heterocycles. The predicted octanol–water partition coefficient (Wildman–Crippen LogP) is 4.01. The van der Waals surface area contributed by atoms with E-state index in [0.29, 0.717) is 29.4 Å². The van der Waals surface area contributed by atoms with Crippen LogP contribution in [0.15, 0.2) is 35.3 Å². The summed E-state index contributed by atoms with van der Waals surface area (Å²) >= 11 is 6.53. The van der Waals surface area contributed by atoms with Crippen LogP contribution in [0.25, 0.3) is 11.0 Å². The molecule has 0 unspecified atom stereocenters. The fourth-order valence-electron chi connectivity index (χ4n) is 4.60. The smallest absolute Gasteiger partial charge is 0.319 e. The van der Waals surface area contributed by atoms with Gasteiger partial charge in [-0.1, -0.05) is 30.9 Å². The molecule has 5 rings (SSSR count). The number of carbonyl (C=O) groups is 2. The maximum absolute atomic E-state index is 12.7. The number of nitrogens with zero attached hydrogens (tertiary/aromatic N) is 2. The van der Waals surface area contributed by atoms with Gasteiger partial charge in [0.2, 0.25) is 0 Å². The lowest BCUT2D eigenvalue weighted by molar-refractivity contribution is 0.0926. The van der Waals surface area contributed by atoms with E-state index in [0.717, 1.165) is 43.1 Å². The van der Waals surface area contributed by atoms with Gasteiger partial charge in [0, 0.05) is 36.4 Å². The highest BCUT2D eigenvalue weighted by molar-refractivity contribution is 6.35. The van der Waals surface area contributed by atoms with Gasteiger partial charge in [0.1, 0.15) is 5.58 Å². The molecule has 9 heteroatoms. The van der Waals surface area contributed by atoms with Gasteiger partial charge in [0.25, 0.3) is 5.91 Å². The maximum Gasteiger partial charge on any atom is 0.319 e. The van der Waals surface area contributed by atoms with Crippen LogP contribution >= 0.6 is 11.6 Å². The minimum absolute atomic E-state index is 0.225. The van der Waals surface area contributed by atoms with Crippen molar-refractivity contribution < 1.29 is 14.0 Å². The standard InChI is InChI=1S/C21H22ClN5O3/c22-14-10-13-11-15(19(28)24-7-9-27-8-6-23-12-27)30-18(13)16-17(14)25-20(29)26-21(16)4-2-1-3-5-21/h6,8,10-12H,1-5,7,9H2,(H,24,28)(H2,25,26,29). The Labute approximate surface area is 178 Å². The summed E-state index contributed by atoms with van der Waals surface area (Å²) in [6, 6.07) is 3.19. The topological polar surface area (TPSA) is 101 Å². The molecule has 8 nitrogen and oxygen atoms in total. The Balaban J connectivity index is 1.49. The molecule has 0 bridgehead atoms. The predicted molar refractivity (Wildman–Crippen MR) is 113 cm³/mol. The van der Waals surface area contributed by atoms with E-state index < -0.39 is 5.54 Å². The first kappa shape index (κ1) is 19.0. The molecule has 0 radical (unpaired) electrons. The summed E-state index contributed by atoms with van der Waals surface area (Å²) in [7, 11) is 0. The van der Waals surface area contributed by atoms with E-state index in [-0.39, 0.29) is 17.7 Å². The fourth-order valence-corrected chi connectivity index (χ4v) is 4.86. The Hall–Kier alpha value is -3.00. The van der Waals surface area contributed by atoms with Gasteiger partial charge in [0.05, 0.1) is 22.6 Å². The molecule has 1 saturated carbocycles. The Bertz CT molecular complexity index is 1120. The molecule has 1 spiro atoms. The molecule has 0 saturated heterocycles. The van der Waals surface area contributed by atoms with E-state index in [1.807, 2.05) is 10.8 Å². The molecule has 156 valence electrons. The molecule has 1 aromatic carbocycles. The van der Waals surface area contributed by atoms with Crippen LogP contribution in [-0.4, -0.2) is 28.0 Å². The summed E-state index contributed by atoms with van der Waals surface area (Å²) in [5.74, 6) is -0.0651. The number of rotatable bonds is 4. The van der Waals surface area contributed by atoms with Crippen LogP contribution in [0.5, 0.6) is 0 Å². The van der Waals surface area contributed by atoms with Crippen molar-refractivity contribution in [3.8, 4) is 0 Å². The molecule has 3 aromatic rings. The van der Waals surface area contributed by atoms with Crippen molar-refractivity contribution in [3.05, 3.63) is 47.2 Å². The Morgan fingerprint density at radius 2 is 2.13 bits per heavy atom. The largest absolute Gasteiger partial charge is 0.450 e. The number of hydrogen-bond acceptors (Lipinski definition) is 4. The molecule has 1 aliphatic heterocycles. The number of fused-ring (bicyclic) bond motifs is 4. The number of anilines is 1. The molecule has 1 aliphatic carbocycles. The second-order valence-electron chi connectivity index (χ2n) is 7.92. The van der Waals surface area contributed by atoms with Gasteiger partial charge in [-0.2, -0.15) is 0 Å². The zero-order valence-corrected chi connectivity index (χ0v) is 17.1. The van der Waals surface area contributed by atoms with Crippen LogP contribution < -0.4 is 16.0 Å². The van der Waals surface area contributed by atoms with Crippen LogP contribution in [-0.2, 0) is 12.1 Å². The lowest BCUT2D eigenvalue weighted by Gasteiger charge is -2.42. The SMILES string of the molecule is O=C1Nc2c(Cl)cc3cc(C(=O)NCCn4ccnc4)oc3c2C2(CCCCC2)N1. The van der Waals surface area contributed by atoms with Crippen LogP contribution in [0.1, 0.15) is 48.2 Å². The highest BCUT2D eigenvalue weighted by Crippen LogP contribution is 2.48. The number of nitrogens with one attached hydrogen (secondary N) is 3. The van der Waals surface area contributed by atoms with Crippen LogP contribution in [0.4, 0.5) is 10.5 Å². The first-order valence-corrected chi connectivity index (χ1v) is 10.5. The first-order valence-electron chi connectivity index (χ1n) is 10.2. The van der Waals surface area contributed by atoms with E-state index in [2.05, 4.69) is 20.9 Å². The summed E-state index contributed by atoms with van der Waals surface area (Å²) in [5.41, 5.74) is 1.51. The molecular formula is C21H22ClN5O3. The monoisotopic (exact) mass is 427 g/mol. The van der Waals surface area contributed by atoms with Crippen LogP contribution in [0, 0.1) is 0 Å². The second-order valence-corrected chi connectivity index (χ2v) is 8.32. The van der Waals surface area contributed by atoms with Crippen molar-refractivity contribution in [3.63, 3.8) is 0 Å². The summed E-state index contributed by atoms with van der Waals surface area (Å²) in [6.45, 7) is 1.07. The van der Waals surface area contributed by atoms with Crippen molar-refractivity contribution in [2.45, 2.75) is 44.2 Å². The van der Waals surface area contributed by atoms with Gasteiger partial charge in [-0.25, -0.2) is 9.78 Å². The number of hydrogen-bond donors (Lipinski definition) is 3. The third kappa shape index (κ3) is 3.21. The molecular weight excluding hydrogens is 406 g/mol. The number of aromatic nitrogens is 2. The van der Waals surface area contributed by atoms with E-state index in [4.69, 9.17) is 16.0 Å². The molecule has 3 amide bonds. The second kappa shape index (κ2) is 7.36. The number of amides is 3. The summed E-state index contributed by atoms with van der Waals surface area (Å²) in [6.07, 6.45) is 10.0. The highest BCUT2D eigenvalue weighted by atomic mass is 35.5. The number of urea groups is 1. The van der Waals surface area contributed by atoms with Gasteiger partial charge in [0.15, 0.2) is 5.76 Å². The zero-order valence-electron chi connectivity index (χ0n) is 16.3. The molecule has 30 heavy (non-hydrogen) atoms. The quantitative estimate of drug-likeness (QED) is 0.585. The maximum atomic E-state index is 12.7. The molecule has 0 atom stereocenters. The van der Waals surface area contributed by atoms with Crippen molar-refractivity contribution in [1.29, 1.82) is 0 Å². The van der Waals surface area contributed by atoms with Gasteiger partial charge < -0.3 is 24.9 Å². The summed E-state index contributed by atoms with van der Waals surface area (Å²) < 4.78 is 7.94. The van der Waals surface area contributed by atoms with E-state index >= 15 is 0 Å². The third-order valence-electron chi connectivity index (χ3n) is 5.97. The summed E-state index contributed by atoms with van der Waals surface area (Å²) in [5, 5.41) is 10.0. The highest BCUT2D eigenvalue weighted by Gasteiger charge is 2.43. The number of benzene rings is 1. The van der Waals surface area contributed by atoms with Crippen LogP contribution in [0.3, 0.4) is 0 Å². The average Bonchev–Trinajstić information content (AvgIpc) is 3.38. The third-order valence-corrected chi connectivity index (χ3v) is 6.27.